The Morgan fingerprint density at radius 1 is 1.35 bits per heavy atom. The summed E-state index contributed by atoms with van der Waals surface area (Å²) in [6.45, 7) is 6.37. The van der Waals surface area contributed by atoms with Crippen LogP contribution in [0.4, 0.5) is 5.69 Å². The van der Waals surface area contributed by atoms with Gasteiger partial charge >= 0.3 is 0 Å². The molecule has 3 heteroatoms. The van der Waals surface area contributed by atoms with Crippen molar-refractivity contribution in [3.8, 4) is 0 Å². The second-order valence-electron chi connectivity index (χ2n) is 4.87. The first kappa shape index (κ1) is 14.3. The maximum atomic E-state index is 6.25. The number of rotatable bonds is 6. The van der Waals surface area contributed by atoms with Crippen molar-refractivity contribution in [1.82, 2.24) is 5.32 Å². The average Bonchev–Trinajstić information content (AvgIpc) is 2.29. The van der Waals surface area contributed by atoms with Gasteiger partial charge in [0.25, 0.3) is 0 Å². The molecule has 0 amide bonds. The summed E-state index contributed by atoms with van der Waals surface area (Å²) < 4.78 is 0. The minimum Gasteiger partial charge on any atom is -0.374 e. The Morgan fingerprint density at radius 2 is 2.06 bits per heavy atom. The monoisotopic (exact) mass is 254 g/mol. The van der Waals surface area contributed by atoms with E-state index < -0.39 is 0 Å². The summed E-state index contributed by atoms with van der Waals surface area (Å²) in [5.41, 5.74) is 2.41. The molecule has 17 heavy (non-hydrogen) atoms. The van der Waals surface area contributed by atoms with Crippen molar-refractivity contribution in [2.24, 2.45) is 5.92 Å². The number of nitrogens with zero attached hydrogens (tertiary/aromatic N) is 1. The highest BCUT2D eigenvalue weighted by Crippen LogP contribution is 2.27. The minimum absolute atomic E-state index is 0.726. The summed E-state index contributed by atoms with van der Waals surface area (Å²) in [5.74, 6) is 0.726. The lowest BCUT2D eigenvalue weighted by Crippen LogP contribution is -2.22. The molecule has 1 rings (SSSR count). The van der Waals surface area contributed by atoms with Crippen LogP contribution in [0.1, 0.15) is 25.8 Å². The van der Waals surface area contributed by atoms with E-state index >= 15 is 0 Å². The van der Waals surface area contributed by atoms with Crippen molar-refractivity contribution in [2.45, 2.75) is 26.8 Å². The topological polar surface area (TPSA) is 15.3 Å². The molecule has 96 valence electrons. The molecule has 0 aliphatic heterocycles. The van der Waals surface area contributed by atoms with Gasteiger partial charge < -0.3 is 10.2 Å². The molecule has 2 nitrogen and oxygen atoms in total. The molecule has 1 aromatic rings. The van der Waals surface area contributed by atoms with E-state index in [1.807, 2.05) is 19.2 Å². The number of hydrogen-bond acceptors (Lipinski definition) is 2. The summed E-state index contributed by atoms with van der Waals surface area (Å²) in [6.07, 6.45) is 1.20. The Balaban J connectivity index is 2.84. The molecule has 0 fully saturated rings. The van der Waals surface area contributed by atoms with Crippen molar-refractivity contribution in [3.05, 3.63) is 28.8 Å². The maximum Gasteiger partial charge on any atom is 0.0471 e. The van der Waals surface area contributed by atoms with Crippen LogP contribution in [0.5, 0.6) is 0 Å². The largest absolute Gasteiger partial charge is 0.374 e. The molecule has 0 spiro atoms. The first-order valence-corrected chi connectivity index (χ1v) is 6.57. The third-order valence-corrected chi connectivity index (χ3v) is 3.25. The number of nitrogens with one attached hydrogen (secondary N) is 1. The van der Waals surface area contributed by atoms with Crippen molar-refractivity contribution >= 4 is 17.3 Å². The zero-order chi connectivity index (χ0) is 12.8. The SMILES string of the molecule is CNCc1c(Cl)cccc1N(C)CCC(C)C. The Morgan fingerprint density at radius 3 is 2.65 bits per heavy atom. The van der Waals surface area contributed by atoms with E-state index in [1.165, 1.54) is 17.7 Å². The third kappa shape index (κ3) is 4.21. The maximum absolute atomic E-state index is 6.25. The Bertz CT molecular complexity index is 350. The van der Waals surface area contributed by atoms with Gasteiger partial charge in [-0.15, -0.1) is 0 Å². The quantitative estimate of drug-likeness (QED) is 0.835. The lowest BCUT2D eigenvalue weighted by molar-refractivity contribution is 0.584. The fourth-order valence-corrected chi connectivity index (χ4v) is 2.07. The van der Waals surface area contributed by atoms with Gasteiger partial charge in [-0.05, 0) is 31.5 Å². The minimum atomic E-state index is 0.726. The molecule has 0 heterocycles. The predicted octanol–water partition coefficient (Wildman–Crippen LogP) is 3.54. The lowest BCUT2D eigenvalue weighted by atomic mass is 10.1. The van der Waals surface area contributed by atoms with Crippen LogP contribution in [0.2, 0.25) is 5.02 Å². The van der Waals surface area contributed by atoms with Crippen LogP contribution in [0.15, 0.2) is 18.2 Å². The molecule has 1 N–H and O–H groups in total. The molecule has 0 saturated carbocycles. The molecular weight excluding hydrogens is 232 g/mol. The van der Waals surface area contributed by atoms with Gasteiger partial charge in [-0.1, -0.05) is 31.5 Å². The average molecular weight is 255 g/mol. The van der Waals surface area contributed by atoms with Gasteiger partial charge in [0.15, 0.2) is 0 Å². The summed E-state index contributed by atoms with van der Waals surface area (Å²) in [6, 6.07) is 6.11. The van der Waals surface area contributed by atoms with E-state index in [1.54, 1.807) is 0 Å². The highest BCUT2D eigenvalue weighted by molar-refractivity contribution is 6.31. The molecule has 0 radical (unpaired) electrons. The molecule has 0 unspecified atom stereocenters. The summed E-state index contributed by atoms with van der Waals surface area (Å²) in [7, 11) is 4.08. The number of hydrogen-bond donors (Lipinski definition) is 1. The van der Waals surface area contributed by atoms with E-state index in [9.17, 15) is 0 Å². The van der Waals surface area contributed by atoms with Crippen molar-refractivity contribution in [3.63, 3.8) is 0 Å². The number of halogens is 1. The van der Waals surface area contributed by atoms with E-state index in [0.29, 0.717) is 0 Å². The van der Waals surface area contributed by atoms with Crippen LogP contribution in [0.25, 0.3) is 0 Å². The van der Waals surface area contributed by atoms with E-state index in [2.05, 4.69) is 37.2 Å². The second kappa shape index (κ2) is 6.87. The zero-order valence-electron chi connectivity index (χ0n) is 11.3. The highest BCUT2D eigenvalue weighted by Gasteiger charge is 2.10. The predicted molar refractivity (Wildman–Crippen MR) is 76.9 cm³/mol. The van der Waals surface area contributed by atoms with E-state index in [-0.39, 0.29) is 0 Å². The summed E-state index contributed by atoms with van der Waals surface area (Å²) in [4.78, 5) is 2.29. The molecule has 0 saturated heterocycles. The number of anilines is 1. The molecule has 0 aliphatic carbocycles. The molecule has 0 aromatic heterocycles. The highest BCUT2D eigenvalue weighted by atomic mass is 35.5. The third-order valence-electron chi connectivity index (χ3n) is 2.90. The Hall–Kier alpha value is -0.730. The zero-order valence-corrected chi connectivity index (χ0v) is 12.0. The smallest absolute Gasteiger partial charge is 0.0471 e. The van der Waals surface area contributed by atoms with Crippen LogP contribution in [-0.2, 0) is 6.54 Å². The molecule has 0 atom stereocenters. The van der Waals surface area contributed by atoms with Gasteiger partial charge in [0.1, 0.15) is 0 Å². The van der Waals surface area contributed by atoms with Gasteiger partial charge in [0, 0.05) is 36.4 Å². The van der Waals surface area contributed by atoms with Crippen molar-refractivity contribution < 1.29 is 0 Å². The molecular formula is C14H23ClN2. The van der Waals surface area contributed by atoms with Crippen LogP contribution < -0.4 is 10.2 Å². The van der Waals surface area contributed by atoms with E-state index in [4.69, 9.17) is 11.6 Å². The molecule has 0 bridgehead atoms. The molecule has 0 aliphatic rings. The lowest BCUT2D eigenvalue weighted by Gasteiger charge is -2.24. The van der Waals surface area contributed by atoms with Crippen LogP contribution in [0.3, 0.4) is 0 Å². The van der Waals surface area contributed by atoms with Crippen LogP contribution >= 0.6 is 11.6 Å². The standard InChI is InChI=1S/C14H23ClN2/c1-11(2)8-9-17(4)14-7-5-6-13(15)12(14)10-16-3/h5-7,11,16H,8-10H2,1-4H3. The Kier molecular flexibility index (Phi) is 5.79. The first-order valence-electron chi connectivity index (χ1n) is 6.19. The van der Waals surface area contributed by atoms with Gasteiger partial charge in [-0.3, -0.25) is 0 Å². The second-order valence-corrected chi connectivity index (χ2v) is 5.28. The fourth-order valence-electron chi connectivity index (χ4n) is 1.83. The van der Waals surface area contributed by atoms with Crippen molar-refractivity contribution in [2.75, 3.05) is 25.5 Å². The van der Waals surface area contributed by atoms with Gasteiger partial charge in [0.05, 0.1) is 0 Å². The number of benzene rings is 1. The fraction of sp³-hybridized carbons (Fsp3) is 0.571. The van der Waals surface area contributed by atoms with Gasteiger partial charge in [-0.25, -0.2) is 0 Å². The van der Waals surface area contributed by atoms with E-state index in [0.717, 1.165) is 24.0 Å². The molecule has 1 aromatic carbocycles. The Labute approximate surface area is 110 Å². The summed E-state index contributed by atoms with van der Waals surface area (Å²) in [5, 5.41) is 4.01. The normalized spacial score (nSPS) is 10.9. The first-order chi connectivity index (χ1) is 8.06. The summed E-state index contributed by atoms with van der Waals surface area (Å²) >= 11 is 6.25. The van der Waals surface area contributed by atoms with Gasteiger partial charge in [0.2, 0.25) is 0 Å². The van der Waals surface area contributed by atoms with Crippen molar-refractivity contribution in [1.29, 1.82) is 0 Å². The van der Waals surface area contributed by atoms with Crippen LogP contribution in [0, 0.1) is 5.92 Å². The van der Waals surface area contributed by atoms with Crippen LogP contribution in [-0.4, -0.2) is 20.6 Å². The van der Waals surface area contributed by atoms with Gasteiger partial charge in [-0.2, -0.15) is 0 Å².